The number of ether oxygens (including phenoxy) is 1. The van der Waals surface area contributed by atoms with Gasteiger partial charge >= 0.3 is 5.97 Å². The lowest BCUT2D eigenvalue weighted by Crippen LogP contribution is -2.15. The van der Waals surface area contributed by atoms with Crippen LogP contribution in [0.2, 0.25) is 0 Å². The van der Waals surface area contributed by atoms with Crippen molar-refractivity contribution in [3.63, 3.8) is 0 Å². The summed E-state index contributed by atoms with van der Waals surface area (Å²) in [5.74, 6) is -0.818. The Hall–Kier alpha value is -2.15. The molecule has 0 atom stereocenters. The zero-order valence-corrected chi connectivity index (χ0v) is 11.6. The molecule has 100 valence electrons. The van der Waals surface area contributed by atoms with Crippen LogP contribution in [0.15, 0.2) is 17.6 Å². The number of nitrogens with one attached hydrogen (secondary N) is 1. The quantitative estimate of drug-likeness (QED) is 0.870. The van der Waals surface area contributed by atoms with E-state index in [1.54, 1.807) is 24.7 Å². The lowest BCUT2D eigenvalue weighted by molar-refractivity contribution is 0.0607. The molecule has 0 saturated carbocycles. The molecule has 1 N–H and O–H groups in total. The van der Waals surface area contributed by atoms with Crippen LogP contribution in [0.3, 0.4) is 0 Å². The molecule has 2 aromatic heterocycles. The second-order valence-electron chi connectivity index (χ2n) is 3.94. The third-order valence-electron chi connectivity index (χ3n) is 2.53. The van der Waals surface area contributed by atoms with E-state index in [2.05, 4.69) is 15.2 Å². The van der Waals surface area contributed by atoms with E-state index in [0.29, 0.717) is 16.3 Å². The number of aromatic nitrogens is 2. The topological polar surface area (TPSA) is 73.2 Å². The van der Waals surface area contributed by atoms with Gasteiger partial charge in [-0.2, -0.15) is 5.10 Å². The Labute approximate surface area is 114 Å². The van der Waals surface area contributed by atoms with Gasteiger partial charge in [-0.15, -0.1) is 11.3 Å². The van der Waals surface area contributed by atoms with Crippen LogP contribution in [0.25, 0.3) is 0 Å². The number of hydrogen-bond acceptors (Lipinski definition) is 5. The van der Waals surface area contributed by atoms with Gasteiger partial charge in [-0.05, 0) is 23.9 Å². The first-order valence-corrected chi connectivity index (χ1v) is 6.38. The van der Waals surface area contributed by atoms with Crippen molar-refractivity contribution in [2.24, 2.45) is 7.05 Å². The van der Waals surface area contributed by atoms with Crippen LogP contribution in [-0.2, 0) is 11.8 Å². The number of rotatable bonds is 3. The van der Waals surface area contributed by atoms with Gasteiger partial charge in [0.25, 0.3) is 5.91 Å². The summed E-state index contributed by atoms with van der Waals surface area (Å²) >= 11 is 1.24. The van der Waals surface area contributed by atoms with Crippen LogP contribution in [0, 0.1) is 6.92 Å². The van der Waals surface area contributed by atoms with Gasteiger partial charge in [0.1, 0.15) is 4.88 Å². The van der Waals surface area contributed by atoms with Crippen molar-refractivity contribution < 1.29 is 14.3 Å². The number of thiophene rings is 1. The van der Waals surface area contributed by atoms with Crippen molar-refractivity contribution in [1.29, 1.82) is 0 Å². The summed E-state index contributed by atoms with van der Waals surface area (Å²) < 4.78 is 6.22. The van der Waals surface area contributed by atoms with Gasteiger partial charge in [-0.25, -0.2) is 4.79 Å². The van der Waals surface area contributed by atoms with Crippen LogP contribution in [0.5, 0.6) is 0 Å². The third kappa shape index (κ3) is 2.65. The summed E-state index contributed by atoms with van der Waals surface area (Å²) in [5, 5.41) is 8.50. The van der Waals surface area contributed by atoms with E-state index in [-0.39, 0.29) is 5.91 Å². The largest absolute Gasteiger partial charge is 0.465 e. The molecule has 2 heterocycles. The number of anilines is 1. The monoisotopic (exact) mass is 279 g/mol. The van der Waals surface area contributed by atoms with Crippen molar-refractivity contribution in [3.8, 4) is 0 Å². The van der Waals surface area contributed by atoms with Crippen molar-refractivity contribution in [2.45, 2.75) is 6.92 Å². The highest BCUT2D eigenvalue weighted by atomic mass is 32.1. The molecule has 0 fully saturated rings. The molecule has 0 bridgehead atoms. The predicted molar refractivity (Wildman–Crippen MR) is 71.6 cm³/mol. The predicted octanol–water partition coefficient (Wildman–Crippen LogP) is 1.83. The molecule has 2 rings (SSSR count). The molecule has 0 saturated heterocycles. The summed E-state index contributed by atoms with van der Waals surface area (Å²) in [5.41, 5.74) is 1.59. The molecule has 2 aromatic rings. The second kappa shape index (κ2) is 5.23. The number of carbonyl (C=O) groups excluding carboxylic acids is 2. The Morgan fingerprint density at radius 2 is 2.21 bits per heavy atom. The molecule has 0 radical (unpaired) electrons. The van der Waals surface area contributed by atoms with E-state index in [4.69, 9.17) is 0 Å². The maximum Gasteiger partial charge on any atom is 0.350 e. The summed E-state index contributed by atoms with van der Waals surface area (Å²) in [6.45, 7) is 1.82. The Kier molecular flexibility index (Phi) is 3.66. The number of methoxy groups -OCH3 is 1. The number of hydrogen-bond donors (Lipinski definition) is 1. The molecule has 0 unspecified atom stereocenters. The average Bonchev–Trinajstić information content (AvgIpc) is 2.96. The second-order valence-corrected chi connectivity index (χ2v) is 4.82. The van der Waals surface area contributed by atoms with E-state index < -0.39 is 5.97 Å². The Balaban J connectivity index is 2.26. The number of aryl methyl sites for hydroxylation is 2. The highest BCUT2D eigenvalue weighted by Gasteiger charge is 2.19. The smallest absolute Gasteiger partial charge is 0.350 e. The first kappa shape index (κ1) is 13.3. The SMILES string of the molecule is COC(=O)c1scc(C)c1NC(=O)c1ccn(C)n1. The van der Waals surface area contributed by atoms with Crippen LogP contribution in [0.1, 0.15) is 25.7 Å². The maximum atomic E-state index is 12.0. The molecule has 6 nitrogen and oxygen atoms in total. The first-order valence-electron chi connectivity index (χ1n) is 5.50. The third-order valence-corrected chi connectivity index (χ3v) is 3.61. The fourth-order valence-corrected chi connectivity index (χ4v) is 2.48. The molecule has 19 heavy (non-hydrogen) atoms. The van der Waals surface area contributed by atoms with Gasteiger partial charge < -0.3 is 10.1 Å². The molecule has 1 amide bonds. The maximum absolute atomic E-state index is 12.0. The Morgan fingerprint density at radius 1 is 1.47 bits per heavy atom. The average molecular weight is 279 g/mol. The number of nitrogens with zero attached hydrogens (tertiary/aromatic N) is 2. The van der Waals surface area contributed by atoms with Crippen molar-refractivity contribution in [2.75, 3.05) is 12.4 Å². The zero-order chi connectivity index (χ0) is 14.0. The molecular weight excluding hydrogens is 266 g/mol. The number of carbonyl (C=O) groups is 2. The highest BCUT2D eigenvalue weighted by Crippen LogP contribution is 2.28. The Bertz CT molecular complexity index is 630. The number of amides is 1. The van der Waals surface area contributed by atoms with Gasteiger partial charge in [-0.3, -0.25) is 9.48 Å². The van der Waals surface area contributed by atoms with Gasteiger partial charge in [0.05, 0.1) is 12.8 Å². The molecule has 0 aliphatic rings. The fraction of sp³-hybridized carbons (Fsp3) is 0.250. The van der Waals surface area contributed by atoms with Gasteiger partial charge in [-0.1, -0.05) is 0 Å². The van der Waals surface area contributed by atoms with E-state index in [0.717, 1.165) is 5.56 Å². The van der Waals surface area contributed by atoms with Crippen molar-refractivity contribution in [3.05, 3.63) is 33.8 Å². The summed E-state index contributed by atoms with van der Waals surface area (Å²) in [7, 11) is 3.04. The van der Waals surface area contributed by atoms with Gasteiger partial charge in [0.2, 0.25) is 0 Å². The molecule has 0 aliphatic carbocycles. The van der Waals surface area contributed by atoms with E-state index >= 15 is 0 Å². The van der Waals surface area contributed by atoms with E-state index in [1.807, 2.05) is 6.92 Å². The highest BCUT2D eigenvalue weighted by molar-refractivity contribution is 7.12. The minimum absolute atomic E-state index is 0.295. The van der Waals surface area contributed by atoms with Crippen LogP contribution in [0.4, 0.5) is 5.69 Å². The van der Waals surface area contributed by atoms with E-state index in [9.17, 15) is 9.59 Å². The minimum Gasteiger partial charge on any atom is -0.465 e. The molecule has 0 aliphatic heterocycles. The molecule has 0 aromatic carbocycles. The minimum atomic E-state index is -0.463. The lowest BCUT2D eigenvalue weighted by Gasteiger charge is -2.05. The van der Waals surface area contributed by atoms with Crippen molar-refractivity contribution >= 4 is 28.9 Å². The van der Waals surface area contributed by atoms with Crippen LogP contribution < -0.4 is 5.32 Å². The summed E-state index contributed by atoms with van der Waals surface area (Å²) in [6.07, 6.45) is 1.68. The Morgan fingerprint density at radius 3 is 2.79 bits per heavy atom. The zero-order valence-electron chi connectivity index (χ0n) is 10.8. The normalized spacial score (nSPS) is 10.3. The van der Waals surface area contributed by atoms with Crippen LogP contribution >= 0.6 is 11.3 Å². The summed E-state index contributed by atoms with van der Waals surface area (Å²) in [6, 6.07) is 1.61. The first-order chi connectivity index (χ1) is 9.02. The number of esters is 1. The van der Waals surface area contributed by atoms with Crippen LogP contribution in [-0.4, -0.2) is 28.8 Å². The van der Waals surface area contributed by atoms with Gasteiger partial charge in [0, 0.05) is 13.2 Å². The lowest BCUT2D eigenvalue weighted by atomic mass is 10.2. The van der Waals surface area contributed by atoms with E-state index in [1.165, 1.54) is 23.1 Å². The van der Waals surface area contributed by atoms with Gasteiger partial charge in [0.15, 0.2) is 5.69 Å². The summed E-state index contributed by atoms with van der Waals surface area (Å²) in [4.78, 5) is 24.0. The molecule has 0 spiro atoms. The molecular formula is C12H13N3O3S. The molecule has 7 heteroatoms. The standard InChI is InChI=1S/C12H13N3O3S/c1-7-6-19-10(12(17)18-3)9(7)13-11(16)8-4-5-15(2)14-8/h4-6H,1-3H3,(H,13,16). The fourth-order valence-electron chi connectivity index (χ4n) is 1.56. The van der Waals surface area contributed by atoms with Crippen molar-refractivity contribution in [1.82, 2.24) is 9.78 Å².